The van der Waals surface area contributed by atoms with Crippen molar-refractivity contribution in [1.82, 2.24) is 5.32 Å². The fraction of sp³-hybridized carbons (Fsp3) is 0.250. The lowest BCUT2D eigenvalue weighted by molar-refractivity contribution is 0.407. The second-order valence-electron chi connectivity index (χ2n) is 4.26. The fourth-order valence-electron chi connectivity index (χ4n) is 1.93. The van der Waals surface area contributed by atoms with E-state index in [-0.39, 0.29) is 17.0 Å². The molecule has 2 rings (SSSR count). The lowest BCUT2D eigenvalue weighted by atomic mass is 10.2. The van der Waals surface area contributed by atoms with Crippen LogP contribution in [0.2, 0.25) is 0 Å². The van der Waals surface area contributed by atoms with E-state index in [1.807, 2.05) is 18.2 Å². The molecular weight excluding hydrogens is 334 g/mol. The topological polar surface area (TPSA) is 21.3 Å². The molecule has 2 aromatic rings. The van der Waals surface area contributed by atoms with Crippen molar-refractivity contribution in [3.63, 3.8) is 0 Å². The molecule has 0 atom stereocenters. The van der Waals surface area contributed by atoms with E-state index in [4.69, 9.17) is 4.74 Å². The summed E-state index contributed by atoms with van der Waals surface area (Å²) >= 11 is 1.77. The highest BCUT2D eigenvalue weighted by Gasteiger charge is 2.01. The Hall–Kier alpha value is -0.970. The van der Waals surface area contributed by atoms with Crippen LogP contribution in [0.1, 0.15) is 11.1 Å². The van der Waals surface area contributed by atoms with Crippen LogP contribution in [0.4, 0.5) is 0 Å². The predicted octanol–water partition coefficient (Wildman–Crippen LogP) is 4.28. The Morgan fingerprint density at radius 2 is 1.70 bits per heavy atom. The van der Waals surface area contributed by atoms with Gasteiger partial charge in [-0.2, -0.15) is 0 Å². The van der Waals surface area contributed by atoms with Crippen molar-refractivity contribution in [2.24, 2.45) is 0 Å². The maximum atomic E-state index is 5.34. The van der Waals surface area contributed by atoms with Crippen LogP contribution >= 0.6 is 28.7 Å². The number of nitrogens with one attached hydrogen (secondary N) is 1. The molecule has 0 saturated heterocycles. The molecule has 2 aromatic carbocycles. The van der Waals surface area contributed by atoms with Crippen LogP contribution in [0.5, 0.6) is 5.75 Å². The minimum atomic E-state index is 0. The minimum Gasteiger partial charge on any atom is -0.496 e. The third-order valence-corrected chi connectivity index (χ3v) is 3.74. The van der Waals surface area contributed by atoms with E-state index >= 15 is 0 Å². The van der Waals surface area contributed by atoms with Crippen molar-refractivity contribution in [3.8, 4) is 5.75 Å². The second kappa shape index (κ2) is 9.06. The molecule has 0 radical (unpaired) electrons. The van der Waals surface area contributed by atoms with E-state index in [2.05, 4.69) is 41.9 Å². The Bertz CT molecular complexity index is 516. The summed E-state index contributed by atoms with van der Waals surface area (Å²) in [4.78, 5) is 1.30. The Labute approximate surface area is 135 Å². The summed E-state index contributed by atoms with van der Waals surface area (Å²) in [5.74, 6) is 0.938. The normalized spacial score (nSPS) is 9.90. The van der Waals surface area contributed by atoms with Crippen LogP contribution in [-0.2, 0) is 13.1 Å². The summed E-state index contributed by atoms with van der Waals surface area (Å²) in [6.07, 6.45) is 2.09. The van der Waals surface area contributed by atoms with Crippen molar-refractivity contribution in [1.29, 1.82) is 0 Å². The first-order chi connectivity index (χ1) is 9.33. The van der Waals surface area contributed by atoms with Gasteiger partial charge in [0.25, 0.3) is 0 Å². The first kappa shape index (κ1) is 17.1. The number of hydrogen-bond acceptors (Lipinski definition) is 3. The van der Waals surface area contributed by atoms with E-state index in [0.29, 0.717) is 0 Å². The van der Waals surface area contributed by atoms with Gasteiger partial charge in [-0.3, -0.25) is 0 Å². The second-order valence-corrected chi connectivity index (χ2v) is 5.14. The highest BCUT2D eigenvalue weighted by atomic mass is 79.9. The number of ether oxygens (including phenoxy) is 1. The molecule has 0 fully saturated rings. The lowest BCUT2D eigenvalue weighted by Gasteiger charge is -2.09. The van der Waals surface area contributed by atoms with Crippen molar-refractivity contribution < 1.29 is 4.74 Å². The molecule has 0 unspecified atom stereocenters. The zero-order valence-electron chi connectivity index (χ0n) is 11.8. The van der Waals surface area contributed by atoms with Crippen LogP contribution in [0.3, 0.4) is 0 Å². The smallest absolute Gasteiger partial charge is 0.123 e. The Kier molecular flexibility index (Phi) is 7.73. The van der Waals surface area contributed by atoms with Gasteiger partial charge in [-0.1, -0.05) is 30.3 Å². The van der Waals surface area contributed by atoms with Gasteiger partial charge < -0.3 is 10.1 Å². The lowest BCUT2D eigenvalue weighted by Crippen LogP contribution is -2.13. The van der Waals surface area contributed by atoms with Crippen LogP contribution in [0.25, 0.3) is 0 Å². The van der Waals surface area contributed by atoms with Gasteiger partial charge in [0.05, 0.1) is 7.11 Å². The Morgan fingerprint density at radius 3 is 2.35 bits per heavy atom. The first-order valence-electron chi connectivity index (χ1n) is 6.29. The quantitative estimate of drug-likeness (QED) is 0.783. The van der Waals surface area contributed by atoms with Gasteiger partial charge in [-0.25, -0.2) is 0 Å². The molecule has 0 aliphatic rings. The summed E-state index contributed by atoms with van der Waals surface area (Å²) < 4.78 is 5.34. The molecular formula is C16H20BrNOS. The molecule has 0 amide bonds. The monoisotopic (exact) mass is 353 g/mol. The maximum absolute atomic E-state index is 5.34. The zero-order valence-corrected chi connectivity index (χ0v) is 14.3. The van der Waals surface area contributed by atoms with Crippen molar-refractivity contribution in [3.05, 3.63) is 59.7 Å². The standard InChI is InChI=1S/C16H19NOS.BrH/c1-18-16-6-4-3-5-14(16)12-17-11-13-7-9-15(19-2)10-8-13;/h3-10,17H,11-12H2,1-2H3;1H. The largest absolute Gasteiger partial charge is 0.496 e. The van der Waals surface area contributed by atoms with Gasteiger partial charge in [0.1, 0.15) is 5.75 Å². The van der Waals surface area contributed by atoms with Gasteiger partial charge in [0, 0.05) is 23.5 Å². The van der Waals surface area contributed by atoms with Gasteiger partial charge in [-0.15, -0.1) is 28.7 Å². The average Bonchev–Trinajstić information content (AvgIpc) is 2.48. The minimum absolute atomic E-state index is 0. The molecule has 2 nitrogen and oxygen atoms in total. The number of thioether (sulfide) groups is 1. The van der Waals surface area contributed by atoms with Gasteiger partial charge in [0.2, 0.25) is 0 Å². The number of rotatable bonds is 6. The molecule has 4 heteroatoms. The van der Waals surface area contributed by atoms with Crippen LogP contribution in [-0.4, -0.2) is 13.4 Å². The molecule has 0 heterocycles. The first-order valence-corrected chi connectivity index (χ1v) is 7.51. The highest BCUT2D eigenvalue weighted by molar-refractivity contribution is 8.93. The highest BCUT2D eigenvalue weighted by Crippen LogP contribution is 2.17. The zero-order chi connectivity index (χ0) is 13.5. The van der Waals surface area contributed by atoms with Crippen molar-refractivity contribution in [2.45, 2.75) is 18.0 Å². The van der Waals surface area contributed by atoms with Crippen LogP contribution in [0, 0.1) is 0 Å². The average molecular weight is 354 g/mol. The molecule has 1 N–H and O–H groups in total. The van der Waals surface area contributed by atoms with Crippen molar-refractivity contribution >= 4 is 28.7 Å². The van der Waals surface area contributed by atoms with Gasteiger partial charge in [0.15, 0.2) is 0 Å². The number of methoxy groups -OCH3 is 1. The third kappa shape index (κ3) is 4.85. The van der Waals surface area contributed by atoms with E-state index in [0.717, 1.165) is 18.8 Å². The van der Waals surface area contributed by atoms with Gasteiger partial charge >= 0.3 is 0 Å². The summed E-state index contributed by atoms with van der Waals surface area (Å²) in [6.45, 7) is 1.68. The van der Waals surface area contributed by atoms with E-state index < -0.39 is 0 Å². The Morgan fingerprint density at radius 1 is 1.00 bits per heavy atom. The van der Waals surface area contributed by atoms with Crippen molar-refractivity contribution in [2.75, 3.05) is 13.4 Å². The van der Waals surface area contributed by atoms with Crippen LogP contribution < -0.4 is 10.1 Å². The van der Waals surface area contributed by atoms with E-state index in [1.165, 1.54) is 16.0 Å². The fourth-order valence-corrected chi connectivity index (χ4v) is 2.34. The molecule has 0 aliphatic carbocycles. The van der Waals surface area contributed by atoms with E-state index in [1.54, 1.807) is 18.9 Å². The predicted molar refractivity (Wildman–Crippen MR) is 92.1 cm³/mol. The summed E-state index contributed by atoms with van der Waals surface area (Å²) in [5.41, 5.74) is 2.48. The summed E-state index contributed by atoms with van der Waals surface area (Å²) in [7, 11) is 1.71. The number of benzene rings is 2. The number of hydrogen-bond donors (Lipinski definition) is 1. The molecule has 0 aliphatic heterocycles. The molecule has 0 aromatic heterocycles. The molecule has 0 spiro atoms. The van der Waals surface area contributed by atoms with Crippen LogP contribution in [0.15, 0.2) is 53.4 Å². The molecule has 0 bridgehead atoms. The molecule has 20 heavy (non-hydrogen) atoms. The molecule has 108 valence electrons. The number of para-hydroxylation sites is 1. The molecule has 0 saturated carbocycles. The Balaban J connectivity index is 0.00000200. The van der Waals surface area contributed by atoms with E-state index in [9.17, 15) is 0 Å². The SMILES string of the molecule is Br.COc1ccccc1CNCc1ccc(SC)cc1. The van der Waals surface area contributed by atoms with Gasteiger partial charge in [-0.05, 0) is 30.0 Å². The summed E-state index contributed by atoms with van der Waals surface area (Å²) in [5, 5.41) is 3.44. The summed E-state index contributed by atoms with van der Waals surface area (Å²) in [6, 6.07) is 16.8. The third-order valence-electron chi connectivity index (χ3n) is 3.00. The maximum Gasteiger partial charge on any atom is 0.123 e. The number of halogens is 1.